The molecule has 4 aliphatic carbocycles. The maximum absolute atomic E-state index is 4.21. The summed E-state index contributed by atoms with van der Waals surface area (Å²) in [6.07, 6.45) is 17.6. The highest BCUT2D eigenvalue weighted by atomic mass is 15.2. The van der Waals surface area contributed by atoms with Crippen molar-refractivity contribution in [2.24, 2.45) is 52.3 Å². The van der Waals surface area contributed by atoms with Crippen molar-refractivity contribution in [3.8, 4) is 0 Å². The third kappa shape index (κ3) is 3.73. The minimum atomic E-state index is 0.582. The molecule has 29 heavy (non-hydrogen) atoms. The Kier molecular flexibility index (Phi) is 6.45. The summed E-state index contributed by atoms with van der Waals surface area (Å²) < 4.78 is 0. The monoisotopic (exact) mass is 403 g/mol. The first kappa shape index (κ1) is 22.1. The smallest absolute Gasteiger partial charge is 0.0590 e. The van der Waals surface area contributed by atoms with Gasteiger partial charge in [0.2, 0.25) is 0 Å². The molecule has 1 unspecified atom stereocenters. The van der Waals surface area contributed by atoms with Crippen LogP contribution in [0, 0.1) is 52.3 Å². The second-order valence-electron chi connectivity index (χ2n) is 12.8. The Morgan fingerprint density at radius 2 is 1.62 bits per heavy atom. The van der Waals surface area contributed by atoms with E-state index in [2.05, 4.69) is 45.9 Å². The largest absolute Gasteiger partial charge is 0.280 e. The molecule has 0 spiro atoms. The lowest BCUT2D eigenvalue weighted by Crippen LogP contribution is -2.73. The van der Waals surface area contributed by atoms with Crippen LogP contribution in [0.2, 0.25) is 0 Å². The SMILES string of the molecule is CC(C)CCCC(C)[C@H]1CC[C@H]2[C@@H]3C[C@@H](N[NH3+])[C@H]4CCCC[C@]4(C)[C@H]3CC[C@]12C. The van der Waals surface area contributed by atoms with Crippen molar-refractivity contribution in [2.75, 3.05) is 0 Å². The number of hydrogen-bond acceptors (Lipinski definition) is 1. The third-order valence-electron chi connectivity index (χ3n) is 11.1. The van der Waals surface area contributed by atoms with E-state index < -0.39 is 0 Å². The van der Waals surface area contributed by atoms with Gasteiger partial charge >= 0.3 is 0 Å². The zero-order valence-corrected chi connectivity index (χ0v) is 20.3. The first-order chi connectivity index (χ1) is 13.8. The van der Waals surface area contributed by atoms with Crippen LogP contribution in [0.1, 0.15) is 112 Å². The van der Waals surface area contributed by atoms with Gasteiger partial charge in [-0.05, 0) is 97.2 Å². The van der Waals surface area contributed by atoms with Gasteiger partial charge in [-0.1, -0.05) is 66.7 Å². The zero-order chi connectivity index (χ0) is 20.8. The molecule has 9 atom stereocenters. The van der Waals surface area contributed by atoms with E-state index in [-0.39, 0.29) is 0 Å². The molecule has 4 saturated carbocycles. The Morgan fingerprint density at radius 1 is 0.862 bits per heavy atom. The summed E-state index contributed by atoms with van der Waals surface area (Å²) in [6, 6.07) is 0.673. The molecule has 4 rings (SSSR count). The highest BCUT2D eigenvalue weighted by Crippen LogP contribution is 2.68. The molecular formula is C27H51N2+. The minimum Gasteiger partial charge on any atom is -0.280 e. The predicted octanol–water partition coefficient (Wildman–Crippen LogP) is 6.22. The molecule has 0 aromatic carbocycles. The van der Waals surface area contributed by atoms with Crippen LogP contribution in [-0.4, -0.2) is 6.04 Å². The molecule has 0 aliphatic heterocycles. The van der Waals surface area contributed by atoms with Crippen LogP contribution in [-0.2, 0) is 0 Å². The summed E-state index contributed by atoms with van der Waals surface area (Å²) in [5.41, 5.74) is 4.77. The first-order valence-corrected chi connectivity index (χ1v) is 13.3. The lowest BCUT2D eigenvalue weighted by Gasteiger charge is -2.62. The van der Waals surface area contributed by atoms with E-state index in [1.165, 1.54) is 77.0 Å². The lowest BCUT2D eigenvalue weighted by atomic mass is 9.43. The maximum atomic E-state index is 4.21. The van der Waals surface area contributed by atoms with E-state index in [4.69, 9.17) is 0 Å². The molecule has 4 aliphatic rings. The summed E-state index contributed by atoms with van der Waals surface area (Å²) in [4.78, 5) is 0. The molecule has 4 N–H and O–H groups in total. The van der Waals surface area contributed by atoms with Crippen molar-refractivity contribution in [3.05, 3.63) is 0 Å². The normalized spacial score (nSPS) is 48.1. The van der Waals surface area contributed by atoms with Gasteiger partial charge in [0.15, 0.2) is 0 Å². The Labute approximate surface area is 181 Å². The van der Waals surface area contributed by atoms with Gasteiger partial charge in [-0.25, -0.2) is 0 Å². The summed E-state index contributed by atoms with van der Waals surface area (Å²) in [5.74, 6) is 10.8. The van der Waals surface area contributed by atoms with Crippen LogP contribution in [0.25, 0.3) is 0 Å². The number of hydrogen-bond donors (Lipinski definition) is 2. The van der Waals surface area contributed by atoms with Crippen molar-refractivity contribution in [2.45, 2.75) is 118 Å². The molecule has 168 valence electrons. The van der Waals surface area contributed by atoms with E-state index in [0.717, 1.165) is 41.4 Å². The van der Waals surface area contributed by atoms with Gasteiger partial charge in [-0.3, -0.25) is 5.84 Å². The summed E-state index contributed by atoms with van der Waals surface area (Å²) >= 11 is 0. The van der Waals surface area contributed by atoms with Gasteiger partial charge in [0.05, 0.1) is 6.04 Å². The highest BCUT2D eigenvalue weighted by Gasteiger charge is 2.62. The molecule has 4 fully saturated rings. The number of quaternary nitrogens is 1. The maximum Gasteiger partial charge on any atom is 0.0590 e. The fraction of sp³-hybridized carbons (Fsp3) is 1.00. The summed E-state index contributed by atoms with van der Waals surface area (Å²) in [7, 11) is 0. The van der Waals surface area contributed by atoms with E-state index in [1.54, 1.807) is 0 Å². The molecule has 0 bridgehead atoms. The summed E-state index contributed by atoms with van der Waals surface area (Å²) in [6.45, 7) is 12.8. The molecular weight excluding hydrogens is 352 g/mol. The van der Waals surface area contributed by atoms with Crippen LogP contribution >= 0.6 is 0 Å². The fourth-order valence-electron chi connectivity index (χ4n) is 9.65. The van der Waals surface area contributed by atoms with Gasteiger partial charge in [-0.15, -0.1) is 0 Å². The lowest BCUT2D eigenvalue weighted by molar-refractivity contribution is -0.459. The molecule has 0 aromatic rings. The quantitative estimate of drug-likeness (QED) is 0.507. The number of nitrogens with one attached hydrogen (secondary N) is 1. The predicted molar refractivity (Wildman–Crippen MR) is 123 cm³/mol. The molecule has 0 aromatic heterocycles. The Balaban J connectivity index is 1.51. The van der Waals surface area contributed by atoms with E-state index in [9.17, 15) is 0 Å². The second kappa shape index (κ2) is 8.45. The van der Waals surface area contributed by atoms with Crippen molar-refractivity contribution < 1.29 is 5.84 Å². The molecule has 0 saturated heterocycles. The van der Waals surface area contributed by atoms with Crippen molar-refractivity contribution in [3.63, 3.8) is 0 Å². The van der Waals surface area contributed by atoms with Gasteiger partial charge in [-0.2, -0.15) is 5.43 Å². The highest BCUT2D eigenvalue weighted by molar-refractivity contribution is 5.11. The molecule has 0 radical (unpaired) electrons. The number of rotatable bonds is 6. The Hall–Kier alpha value is -0.0800. The van der Waals surface area contributed by atoms with Gasteiger partial charge in [0, 0.05) is 0 Å². The van der Waals surface area contributed by atoms with Gasteiger partial charge in [0.1, 0.15) is 0 Å². The molecule has 2 nitrogen and oxygen atoms in total. The van der Waals surface area contributed by atoms with E-state index in [1.807, 2.05) is 0 Å². The second-order valence-corrected chi connectivity index (χ2v) is 12.8. The van der Waals surface area contributed by atoms with Crippen LogP contribution < -0.4 is 11.3 Å². The van der Waals surface area contributed by atoms with Gasteiger partial charge < -0.3 is 0 Å². The molecule has 0 amide bonds. The van der Waals surface area contributed by atoms with Crippen LogP contribution in [0.5, 0.6) is 0 Å². The Morgan fingerprint density at radius 3 is 2.34 bits per heavy atom. The van der Waals surface area contributed by atoms with Crippen LogP contribution in [0.4, 0.5) is 0 Å². The van der Waals surface area contributed by atoms with Crippen molar-refractivity contribution in [1.29, 1.82) is 0 Å². The van der Waals surface area contributed by atoms with E-state index in [0.29, 0.717) is 16.9 Å². The molecule has 0 heterocycles. The van der Waals surface area contributed by atoms with Gasteiger partial charge in [0.25, 0.3) is 0 Å². The minimum absolute atomic E-state index is 0.582. The fourth-order valence-corrected chi connectivity index (χ4v) is 9.65. The van der Waals surface area contributed by atoms with Crippen molar-refractivity contribution >= 4 is 0 Å². The standard InChI is InChI=1S/C27H50N2/c1-18(2)9-8-10-19(3)21-12-13-22-20-17-25(29-28)24-11-6-7-15-26(24,4)23(20)14-16-27(21,22)5/h18-25,29H,6-17,28H2,1-5H3/p+1/t19?,20-,21+,22-,23-,24+,25+,26+,27+/m0/s1. The Bertz CT molecular complexity index is 559. The summed E-state index contributed by atoms with van der Waals surface area (Å²) in [5, 5.41) is 0. The average molecular weight is 404 g/mol. The van der Waals surface area contributed by atoms with Crippen molar-refractivity contribution in [1.82, 2.24) is 5.43 Å². The zero-order valence-electron chi connectivity index (χ0n) is 20.3. The first-order valence-electron chi connectivity index (χ1n) is 13.3. The van der Waals surface area contributed by atoms with Crippen LogP contribution in [0.15, 0.2) is 0 Å². The van der Waals surface area contributed by atoms with Crippen LogP contribution in [0.3, 0.4) is 0 Å². The topological polar surface area (TPSA) is 39.7 Å². The molecule has 2 heteroatoms. The third-order valence-corrected chi connectivity index (χ3v) is 11.1. The number of fused-ring (bicyclic) bond motifs is 5. The van der Waals surface area contributed by atoms with E-state index >= 15 is 0 Å². The average Bonchev–Trinajstić information content (AvgIpc) is 3.04.